The van der Waals surface area contributed by atoms with Gasteiger partial charge in [-0.2, -0.15) is 0 Å². The summed E-state index contributed by atoms with van der Waals surface area (Å²) in [6.07, 6.45) is 8.21. The van der Waals surface area contributed by atoms with Crippen molar-refractivity contribution < 1.29 is 0 Å². The molecule has 11 heavy (non-hydrogen) atoms. The van der Waals surface area contributed by atoms with Crippen LogP contribution in [-0.4, -0.2) is 23.9 Å². The molecule has 0 spiro atoms. The van der Waals surface area contributed by atoms with Crippen molar-refractivity contribution in [3.05, 3.63) is 42.4 Å². The molecule has 0 aromatic carbocycles. The predicted octanol–water partition coefficient (Wildman–Crippen LogP) is 1.20. The van der Waals surface area contributed by atoms with E-state index in [1.165, 1.54) is 11.3 Å². The van der Waals surface area contributed by atoms with Crippen molar-refractivity contribution in [2.45, 2.75) is 0 Å². The van der Waals surface area contributed by atoms with Gasteiger partial charge in [-0.15, -0.1) is 0 Å². The first-order chi connectivity index (χ1) is 5.27. The lowest BCUT2D eigenvalue weighted by Crippen LogP contribution is -2.15. The summed E-state index contributed by atoms with van der Waals surface area (Å²) >= 11 is 0. The summed E-state index contributed by atoms with van der Waals surface area (Å²) in [6, 6.07) is 0. The Morgan fingerprint density at radius 3 is 3.00 bits per heavy atom. The molecule has 2 aliphatic heterocycles. The summed E-state index contributed by atoms with van der Waals surface area (Å²) < 4.78 is 0. The molecule has 0 unspecified atom stereocenters. The molecule has 0 saturated heterocycles. The fourth-order valence-corrected chi connectivity index (χ4v) is 1.23. The van der Waals surface area contributed by atoms with E-state index in [2.05, 4.69) is 18.8 Å². The number of allylic oxidation sites excluding steroid dienone is 1. The van der Waals surface area contributed by atoms with Crippen molar-refractivity contribution in [2.24, 2.45) is 0 Å². The highest BCUT2D eigenvalue weighted by atomic mass is 15.2. The number of nitrogens with zero attached hydrogens (tertiary/aromatic N) is 2. The van der Waals surface area contributed by atoms with Crippen LogP contribution in [0.2, 0.25) is 0 Å². The van der Waals surface area contributed by atoms with Gasteiger partial charge < -0.3 is 9.80 Å². The Kier molecular flexibility index (Phi) is 1.28. The zero-order valence-corrected chi connectivity index (χ0v) is 6.70. The third-order valence-corrected chi connectivity index (χ3v) is 1.89. The van der Waals surface area contributed by atoms with Crippen molar-refractivity contribution in [3.63, 3.8) is 0 Å². The van der Waals surface area contributed by atoms with Crippen LogP contribution in [0.1, 0.15) is 0 Å². The smallest absolute Gasteiger partial charge is 0.118 e. The van der Waals surface area contributed by atoms with Gasteiger partial charge in [0.05, 0.1) is 5.70 Å². The number of hydrogen-bond donors (Lipinski definition) is 0. The summed E-state index contributed by atoms with van der Waals surface area (Å²) in [6.45, 7) is 3.11. The van der Waals surface area contributed by atoms with E-state index in [1.54, 1.807) is 0 Å². The van der Waals surface area contributed by atoms with Crippen LogP contribution < -0.4 is 0 Å². The average Bonchev–Trinajstić information content (AvgIpc) is 2.33. The Labute approximate surface area is 67.1 Å². The number of likely N-dealkylation sites (N-methyl/N-ethyl adjacent to an activating group) is 1. The molecule has 2 nitrogen and oxygen atoms in total. The fraction of sp³-hybridized carbons (Fsp3) is 0.222. The van der Waals surface area contributed by atoms with Gasteiger partial charge in [0.15, 0.2) is 0 Å². The van der Waals surface area contributed by atoms with Gasteiger partial charge >= 0.3 is 0 Å². The first-order valence-electron chi connectivity index (χ1n) is 3.60. The summed E-state index contributed by atoms with van der Waals surface area (Å²) in [7, 11) is 4.02. The standard InChI is InChI=1S/C9H10N2/c1-10-5-3-8-4-6-11(2)9(8)7-10/h3-5,7H,1-2H3. The Bertz CT molecular complexity index is 261. The Morgan fingerprint density at radius 1 is 1.36 bits per heavy atom. The number of hydrogen-bond acceptors (Lipinski definition) is 2. The summed E-state index contributed by atoms with van der Waals surface area (Å²) in [5.41, 5.74) is 2.46. The molecular weight excluding hydrogens is 136 g/mol. The molecule has 2 heterocycles. The Morgan fingerprint density at radius 2 is 2.18 bits per heavy atom. The highest BCUT2D eigenvalue weighted by Crippen LogP contribution is 2.27. The summed E-state index contributed by atoms with van der Waals surface area (Å²) in [5.74, 6) is 0. The maximum Gasteiger partial charge on any atom is 0.118 e. The minimum absolute atomic E-state index is 1.22. The largest absolute Gasteiger partial charge is 0.358 e. The van der Waals surface area contributed by atoms with E-state index < -0.39 is 0 Å². The quantitative estimate of drug-likeness (QED) is 0.506. The molecule has 0 fully saturated rings. The van der Waals surface area contributed by atoms with Gasteiger partial charge in [-0.1, -0.05) is 0 Å². The topological polar surface area (TPSA) is 6.48 Å². The lowest BCUT2D eigenvalue weighted by atomic mass is 10.2. The van der Waals surface area contributed by atoms with Crippen LogP contribution >= 0.6 is 0 Å². The zero-order valence-electron chi connectivity index (χ0n) is 6.70. The normalized spacial score (nSPS) is 21.6. The van der Waals surface area contributed by atoms with E-state index in [1.807, 2.05) is 36.2 Å². The second-order valence-electron chi connectivity index (χ2n) is 2.78. The van der Waals surface area contributed by atoms with Gasteiger partial charge in [-0.05, 0) is 17.7 Å². The van der Waals surface area contributed by atoms with Crippen molar-refractivity contribution in [1.82, 2.24) is 9.80 Å². The van der Waals surface area contributed by atoms with E-state index in [0.717, 1.165) is 0 Å². The predicted molar refractivity (Wildman–Crippen MR) is 44.1 cm³/mol. The molecule has 2 heteroatoms. The fourth-order valence-electron chi connectivity index (χ4n) is 1.23. The van der Waals surface area contributed by atoms with E-state index >= 15 is 0 Å². The molecule has 0 bridgehead atoms. The molecule has 0 saturated carbocycles. The van der Waals surface area contributed by atoms with Crippen molar-refractivity contribution in [3.8, 4) is 0 Å². The summed E-state index contributed by atoms with van der Waals surface area (Å²) in [5, 5.41) is 0. The van der Waals surface area contributed by atoms with Crippen LogP contribution in [0.5, 0.6) is 0 Å². The molecule has 0 aliphatic carbocycles. The molecule has 0 aromatic heterocycles. The van der Waals surface area contributed by atoms with E-state index in [4.69, 9.17) is 0 Å². The molecular formula is C9H10N2. The third kappa shape index (κ3) is 0.946. The van der Waals surface area contributed by atoms with Crippen LogP contribution in [0, 0.1) is 6.54 Å². The average molecular weight is 146 g/mol. The van der Waals surface area contributed by atoms with E-state index in [-0.39, 0.29) is 0 Å². The van der Waals surface area contributed by atoms with Crippen LogP contribution in [0.25, 0.3) is 0 Å². The van der Waals surface area contributed by atoms with Gasteiger partial charge in [-0.25, -0.2) is 0 Å². The van der Waals surface area contributed by atoms with Crippen LogP contribution in [-0.2, 0) is 0 Å². The van der Waals surface area contributed by atoms with Gasteiger partial charge in [-0.3, -0.25) is 0 Å². The molecule has 0 atom stereocenters. The Hall–Kier alpha value is -1.18. The molecule has 0 N–H and O–H groups in total. The van der Waals surface area contributed by atoms with Crippen molar-refractivity contribution in [1.29, 1.82) is 0 Å². The molecule has 2 radical (unpaired) electrons. The third-order valence-electron chi connectivity index (χ3n) is 1.89. The lowest BCUT2D eigenvalue weighted by Gasteiger charge is -2.20. The maximum absolute atomic E-state index is 3.11. The SMILES string of the molecule is CN1C=CC2=C[C]N(C)C2=C1. The van der Waals surface area contributed by atoms with Gasteiger partial charge in [0.2, 0.25) is 0 Å². The second kappa shape index (κ2) is 2.16. The molecule has 0 aromatic rings. The molecule has 56 valence electrons. The highest BCUT2D eigenvalue weighted by Gasteiger charge is 2.17. The van der Waals surface area contributed by atoms with Gasteiger partial charge in [0, 0.05) is 26.5 Å². The van der Waals surface area contributed by atoms with E-state index in [9.17, 15) is 0 Å². The van der Waals surface area contributed by atoms with Crippen LogP contribution in [0.15, 0.2) is 35.8 Å². The minimum atomic E-state index is 1.22. The van der Waals surface area contributed by atoms with Gasteiger partial charge in [0.1, 0.15) is 6.54 Å². The first-order valence-corrected chi connectivity index (χ1v) is 3.60. The lowest BCUT2D eigenvalue weighted by molar-refractivity contribution is 0.519. The monoisotopic (exact) mass is 146 g/mol. The molecule has 0 amide bonds. The second-order valence-corrected chi connectivity index (χ2v) is 2.78. The van der Waals surface area contributed by atoms with Gasteiger partial charge in [0.25, 0.3) is 0 Å². The van der Waals surface area contributed by atoms with Crippen LogP contribution in [0.4, 0.5) is 0 Å². The van der Waals surface area contributed by atoms with Crippen molar-refractivity contribution >= 4 is 0 Å². The number of rotatable bonds is 0. The minimum Gasteiger partial charge on any atom is -0.358 e. The first kappa shape index (κ1) is 6.53. The maximum atomic E-state index is 3.11. The zero-order chi connectivity index (χ0) is 7.84. The van der Waals surface area contributed by atoms with Crippen LogP contribution in [0.3, 0.4) is 0 Å². The van der Waals surface area contributed by atoms with E-state index in [0.29, 0.717) is 0 Å². The highest BCUT2D eigenvalue weighted by molar-refractivity contribution is 5.47. The number of fused-ring (bicyclic) bond motifs is 1. The molecule has 2 aliphatic rings. The Balaban J connectivity index is 2.35. The molecule has 2 rings (SSSR count). The summed E-state index contributed by atoms with van der Waals surface area (Å²) in [4.78, 5) is 4.03. The van der Waals surface area contributed by atoms with Crippen molar-refractivity contribution in [2.75, 3.05) is 14.1 Å².